The van der Waals surface area contributed by atoms with Crippen LogP contribution in [0.3, 0.4) is 0 Å². The molecule has 0 aliphatic carbocycles. The number of carbonyl (C=O) groups excluding carboxylic acids is 2. The lowest BCUT2D eigenvalue weighted by Crippen LogP contribution is -2.52. The van der Waals surface area contributed by atoms with Crippen LogP contribution in [0, 0.1) is 0 Å². The summed E-state index contributed by atoms with van der Waals surface area (Å²) in [7, 11) is 3.19. The molecule has 2 saturated heterocycles. The predicted octanol–water partition coefficient (Wildman–Crippen LogP) is 1.86. The number of aromatic amines is 1. The van der Waals surface area contributed by atoms with Crippen molar-refractivity contribution in [3.05, 3.63) is 30.0 Å². The van der Waals surface area contributed by atoms with E-state index in [1.807, 2.05) is 21.9 Å². The maximum absolute atomic E-state index is 13.0. The van der Waals surface area contributed by atoms with E-state index in [9.17, 15) is 9.59 Å². The highest BCUT2D eigenvalue weighted by atomic mass is 16.5. The molecule has 0 atom stereocenters. The second-order valence-corrected chi connectivity index (χ2v) is 8.24. The molecular formula is C23H31N5O4. The third-order valence-corrected chi connectivity index (χ3v) is 6.22. The van der Waals surface area contributed by atoms with Crippen molar-refractivity contribution in [2.24, 2.45) is 0 Å². The summed E-state index contributed by atoms with van der Waals surface area (Å²) in [5.41, 5.74) is 1.86. The Labute approximate surface area is 188 Å². The van der Waals surface area contributed by atoms with Crippen LogP contribution in [0.25, 0.3) is 11.3 Å². The van der Waals surface area contributed by atoms with E-state index in [1.54, 1.807) is 26.4 Å². The molecule has 2 aromatic rings. The summed E-state index contributed by atoms with van der Waals surface area (Å²) in [4.78, 5) is 31.4. The molecule has 4 rings (SSSR count). The van der Waals surface area contributed by atoms with Gasteiger partial charge in [0.25, 0.3) is 5.91 Å². The zero-order valence-corrected chi connectivity index (χ0v) is 18.8. The van der Waals surface area contributed by atoms with Gasteiger partial charge in [0.15, 0.2) is 0 Å². The van der Waals surface area contributed by atoms with E-state index in [-0.39, 0.29) is 11.8 Å². The number of hydrogen-bond donors (Lipinski definition) is 1. The Morgan fingerprint density at radius 3 is 2.38 bits per heavy atom. The largest absolute Gasteiger partial charge is 0.497 e. The number of nitrogens with zero attached hydrogens (tertiary/aromatic N) is 4. The van der Waals surface area contributed by atoms with Gasteiger partial charge in [0.2, 0.25) is 5.91 Å². The molecule has 2 aliphatic rings. The van der Waals surface area contributed by atoms with Crippen LogP contribution in [-0.4, -0.2) is 96.7 Å². The van der Waals surface area contributed by atoms with E-state index in [0.29, 0.717) is 55.6 Å². The normalized spacial score (nSPS) is 17.3. The Bertz CT molecular complexity index is 946. The van der Waals surface area contributed by atoms with Crippen molar-refractivity contribution in [1.29, 1.82) is 0 Å². The molecule has 0 saturated carbocycles. The van der Waals surface area contributed by atoms with Crippen LogP contribution < -0.4 is 9.47 Å². The van der Waals surface area contributed by atoms with E-state index in [2.05, 4.69) is 15.1 Å². The van der Waals surface area contributed by atoms with Crippen LogP contribution in [0.15, 0.2) is 24.3 Å². The molecule has 1 aromatic carbocycles. The smallest absolute Gasteiger partial charge is 0.271 e. The number of rotatable bonds is 6. The monoisotopic (exact) mass is 441 g/mol. The molecule has 2 aliphatic heterocycles. The molecule has 1 aromatic heterocycles. The van der Waals surface area contributed by atoms with Gasteiger partial charge < -0.3 is 19.3 Å². The van der Waals surface area contributed by atoms with E-state index in [1.165, 1.54) is 6.42 Å². The molecular weight excluding hydrogens is 410 g/mol. The molecule has 172 valence electrons. The van der Waals surface area contributed by atoms with E-state index >= 15 is 0 Å². The Morgan fingerprint density at radius 1 is 0.938 bits per heavy atom. The zero-order valence-electron chi connectivity index (χ0n) is 18.8. The molecule has 0 radical (unpaired) electrons. The number of ether oxygens (including phenoxy) is 2. The van der Waals surface area contributed by atoms with Crippen LogP contribution in [0.1, 0.15) is 29.8 Å². The summed E-state index contributed by atoms with van der Waals surface area (Å²) < 4.78 is 10.7. The second-order valence-electron chi connectivity index (χ2n) is 8.24. The fraction of sp³-hybridized carbons (Fsp3) is 0.522. The van der Waals surface area contributed by atoms with Gasteiger partial charge in [-0.1, -0.05) is 0 Å². The van der Waals surface area contributed by atoms with Gasteiger partial charge in [-0.05, 0) is 37.5 Å². The van der Waals surface area contributed by atoms with Gasteiger partial charge in [-0.25, -0.2) is 0 Å². The van der Waals surface area contributed by atoms with Gasteiger partial charge in [-0.3, -0.25) is 19.6 Å². The first-order chi connectivity index (χ1) is 15.6. The minimum atomic E-state index is -0.0850. The van der Waals surface area contributed by atoms with Crippen molar-refractivity contribution in [3.63, 3.8) is 0 Å². The van der Waals surface area contributed by atoms with Gasteiger partial charge in [0, 0.05) is 50.9 Å². The van der Waals surface area contributed by atoms with Crippen molar-refractivity contribution < 1.29 is 19.1 Å². The number of aromatic nitrogens is 2. The number of nitrogens with one attached hydrogen (secondary N) is 1. The topological polar surface area (TPSA) is 91.0 Å². The van der Waals surface area contributed by atoms with Gasteiger partial charge >= 0.3 is 0 Å². The summed E-state index contributed by atoms with van der Waals surface area (Å²) in [5.74, 6) is 1.44. The lowest BCUT2D eigenvalue weighted by molar-refractivity contribution is -0.133. The average molecular weight is 442 g/mol. The summed E-state index contributed by atoms with van der Waals surface area (Å²) >= 11 is 0. The average Bonchev–Trinajstić information content (AvgIpc) is 3.34. The molecule has 2 fully saturated rings. The van der Waals surface area contributed by atoms with Crippen LogP contribution in [0.5, 0.6) is 11.5 Å². The van der Waals surface area contributed by atoms with E-state index < -0.39 is 0 Å². The van der Waals surface area contributed by atoms with Crippen molar-refractivity contribution in [1.82, 2.24) is 24.9 Å². The number of H-pyrrole nitrogens is 1. The third-order valence-electron chi connectivity index (χ3n) is 6.22. The Kier molecular flexibility index (Phi) is 6.94. The molecule has 9 heteroatoms. The first-order valence-corrected chi connectivity index (χ1v) is 11.2. The summed E-state index contributed by atoms with van der Waals surface area (Å²) in [6, 6.07) is 7.23. The standard InChI is InChI=1S/C23H31N5O4/c1-31-17-6-7-18(21(14-17)32-2)19-15-20(25-24-19)23(30)28-12-10-26(11-13-28)16-22(29)27-8-4-3-5-9-27/h6-7,14-15H,3-5,8-13,16H2,1-2H3,(H,24,25). The minimum absolute atomic E-state index is 0.0850. The molecule has 9 nitrogen and oxygen atoms in total. The maximum atomic E-state index is 13.0. The number of benzene rings is 1. The first-order valence-electron chi connectivity index (χ1n) is 11.2. The lowest BCUT2D eigenvalue weighted by atomic mass is 10.1. The highest BCUT2D eigenvalue weighted by Gasteiger charge is 2.26. The highest BCUT2D eigenvalue weighted by molar-refractivity contribution is 5.93. The molecule has 3 heterocycles. The summed E-state index contributed by atoms with van der Waals surface area (Å²) in [6.45, 7) is 4.75. The van der Waals surface area contributed by atoms with Crippen molar-refractivity contribution in [3.8, 4) is 22.8 Å². The number of amides is 2. The Morgan fingerprint density at radius 2 is 1.69 bits per heavy atom. The Hall–Kier alpha value is -3.07. The van der Waals surface area contributed by atoms with Gasteiger partial charge in [0.05, 0.1) is 26.5 Å². The minimum Gasteiger partial charge on any atom is -0.497 e. The van der Waals surface area contributed by atoms with Crippen molar-refractivity contribution >= 4 is 11.8 Å². The molecule has 0 bridgehead atoms. The predicted molar refractivity (Wildman–Crippen MR) is 120 cm³/mol. The molecule has 32 heavy (non-hydrogen) atoms. The van der Waals surface area contributed by atoms with Crippen LogP contribution >= 0.6 is 0 Å². The van der Waals surface area contributed by atoms with E-state index in [4.69, 9.17) is 9.47 Å². The third kappa shape index (κ3) is 4.88. The van der Waals surface area contributed by atoms with Crippen molar-refractivity contribution in [2.75, 3.05) is 60.0 Å². The van der Waals surface area contributed by atoms with Crippen molar-refractivity contribution in [2.45, 2.75) is 19.3 Å². The van der Waals surface area contributed by atoms with Crippen LogP contribution in [-0.2, 0) is 4.79 Å². The highest BCUT2D eigenvalue weighted by Crippen LogP contribution is 2.32. The summed E-state index contributed by atoms with van der Waals surface area (Å²) in [5, 5.41) is 7.18. The zero-order chi connectivity index (χ0) is 22.5. The van der Waals surface area contributed by atoms with E-state index in [0.717, 1.165) is 31.5 Å². The molecule has 0 unspecified atom stereocenters. The van der Waals surface area contributed by atoms with Gasteiger partial charge in [-0.2, -0.15) is 5.10 Å². The van der Waals surface area contributed by atoms with Gasteiger partial charge in [-0.15, -0.1) is 0 Å². The van der Waals surface area contributed by atoms with Crippen LogP contribution in [0.4, 0.5) is 0 Å². The Balaban J connectivity index is 1.34. The molecule has 0 spiro atoms. The number of likely N-dealkylation sites (tertiary alicyclic amines) is 1. The number of carbonyl (C=O) groups is 2. The fourth-order valence-corrected chi connectivity index (χ4v) is 4.29. The number of piperidine rings is 1. The lowest BCUT2D eigenvalue weighted by Gasteiger charge is -2.35. The SMILES string of the molecule is COc1ccc(-c2cc(C(=O)N3CCN(CC(=O)N4CCCCC4)CC3)[nH]n2)c(OC)c1. The van der Waals surface area contributed by atoms with Gasteiger partial charge in [0.1, 0.15) is 17.2 Å². The fourth-order valence-electron chi connectivity index (χ4n) is 4.29. The second kappa shape index (κ2) is 10.0. The molecule has 1 N–H and O–H groups in total. The number of hydrogen-bond acceptors (Lipinski definition) is 6. The first kappa shape index (κ1) is 22.1. The maximum Gasteiger partial charge on any atom is 0.271 e. The quantitative estimate of drug-likeness (QED) is 0.736. The number of piperazine rings is 1. The molecule has 2 amide bonds. The summed E-state index contributed by atoms with van der Waals surface area (Å²) in [6.07, 6.45) is 3.41. The van der Waals surface area contributed by atoms with Crippen LogP contribution in [0.2, 0.25) is 0 Å². The number of methoxy groups -OCH3 is 2.